The molecule has 1 aliphatic heterocycles. The third kappa shape index (κ3) is 4.99. The van der Waals surface area contributed by atoms with Crippen LogP contribution in [0.2, 0.25) is 0 Å². The number of ether oxygens (including phenoxy) is 3. The van der Waals surface area contributed by atoms with Crippen molar-refractivity contribution in [3.05, 3.63) is 29.8 Å². The smallest absolute Gasteiger partial charge is 0.202 e. The van der Waals surface area contributed by atoms with Crippen molar-refractivity contribution in [3.63, 3.8) is 0 Å². The van der Waals surface area contributed by atoms with Gasteiger partial charge in [0.1, 0.15) is 5.75 Å². The number of benzene rings is 1. The fraction of sp³-hybridized carbons (Fsp3) is 0.684. The quantitative estimate of drug-likeness (QED) is 0.680. The highest BCUT2D eigenvalue weighted by molar-refractivity contribution is 5.29. The molecule has 2 rings (SSSR count). The van der Waals surface area contributed by atoms with Gasteiger partial charge in [0, 0.05) is 19.1 Å². The summed E-state index contributed by atoms with van der Waals surface area (Å²) in [6.45, 7) is 10.3. The van der Waals surface area contributed by atoms with Crippen LogP contribution in [0.4, 0.5) is 0 Å². The molecule has 1 aromatic rings. The van der Waals surface area contributed by atoms with Crippen LogP contribution >= 0.6 is 0 Å². The number of hydrogen-bond acceptors (Lipinski definition) is 3. The maximum atomic E-state index is 6.15. The van der Waals surface area contributed by atoms with Gasteiger partial charge in [-0.05, 0) is 42.9 Å². The van der Waals surface area contributed by atoms with Crippen LogP contribution in [0.15, 0.2) is 24.3 Å². The van der Waals surface area contributed by atoms with E-state index in [1.165, 1.54) is 5.56 Å². The first kappa shape index (κ1) is 17.3. The zero-order chi connectivity index (χ0) is 15.9. The summed E-state index contributed by atoms with van der Waals surface area (Å²) in [5, 5.41) is 0. The molecule has 0 spiro atoms. The molecule has 0 aliphatic carbocycles. The SMILES string of the molecule is CCC(C)c1ccc(OC(OC2CCOCC2)C(C)C)cc1. The lowest BCUT2D eigenvalue weighted by molar-refractivity contribution is -0.162. The van der Waals surface area contributed by atoms with Gasteiger partial charge >= 0.3 is 0 Å². The Morgan fingerprint density at radius 3 is 2.27 bits per heavy atom. The maximum Gasteiger partial charge on any atom is 0.202 e. The first-order chi connectivity index (χ1) is 10.6. The fourth-order valence-corrected chi connectivity index (χ4v) is 2.57. The summed E-state index contributed by atoms with van der Waals surface area (Å²) in [5.41, 5.74) is 1.36. The van der Waals surface area contributed by atoms with Crippen molar-refractivity contribution in [2.75, 3.05) is 13.2 Å². The molecular weight excluding hydrogens is 276 g/mol. The van der Waals surface area contributed by atoms with Gasteiger partial charge in [-0.15, -0.1) is 0 Å². The summed E-state index contributed by atoms with van der Waals surface area (Å²) in [4.78, 5) is 0. The second kappa shape index (κ2) is 8.54. The van der Waals surface area contributed by atoms with Crippen LogP contribution in [0, 0.1) is 5.92 Å². The molecule has 1 fully saturated rings. The Labute approximate surface area is 135 Å². The largest absolute Gasteiger partial charge is 0.465 e. The highest BCUT2D eigenvalue weighted by atomic mass is 16.7. The van der Waals surface area contributed by atoms with Crippen molar-refractivity contribution in [2.24, 2.45) is 5.92 Å². The van der Waals surface area contributed by atoms with Gasteiger partial charge in [-0.25, -0.2) is 0 Å². The summed E-state index contributed by atoms with van der Waals surface area (Å²) >= 11 is 0. The number of rotatable bonds is 7. The zero-order valence-electron chi connectivity index (χ0n) is 14.4. The molecule has 0 amide bonds. The van der Waals surface area contributed by atoms with E-state index in [0.29, 0.717) is 11.8 Å². The minimum Gasteiger partial charge on any atom is -0.465 e. The van der Waals surface area contributed by atoms with Gasteiger partial charge in [0.25, 0.3) is 0 Å². The highest BCUT2D eigenvalue weighted by Gasteiger charge is 2.23. The van der Waals surface area contributed by atoms with E-state index in [1.807, 2.05) is 0 Å². The van der Waals surface area contributed by atoms with Gasteiger partial charge in [0.05, 0.1) is 6.10 Å². The molecule has 0 aromatic heterocycles. The average molecular weight is 306 g/mol. The topological polar surface area (TPSA) is 27.7 Å². The maximum absolute atomic E-state index is 6.15. The van der Waals surface area contributed by atoms with E-state index in [9.17, 15) is 0 Å². The fourth-order valence-electron chi connectivity index (χ4n) is 2.57. The Morgan fingerprint density at radius 1 is 1.09 bits per heavy atom. The molecule has 22 heavy (non-hydrogen) atoms. The molecule has 3 nitrogen and oxygen atoms in total. The third-order valence-electron chi connectivity index (χ3n) is 4.35. The molecule has 2 atom stereocenters. The van der Waals surface area contributed by atoms with Crippen LogP contribution in [0.25, 0.3) is 0 Å². The first-order valence-corrected chi connectivity index (χ1v) is 8.60. The Kier molecular flexibility index (Phi) is 6.71. The molecule has 0 N–H and O–H groups in total. The summed E-state index contributed by atoms with van der Waals surface area (Å²) in [5.74, 6) is 1.79. The van der Waals surface area contributed by atoms with Crippen molar-refractivity contribution < 1.29 is 14.2 Å². The molecule has 1 aliphatic rings. The summed E-state index contributed by atoms with van der Waals surface area (Å²) in [6, 6.07) is 8.44. The minimum atomic E-state index is -0.197. The third-order valence-corrected chi connectivity index (χ3v) is 4.35. The average Bonchev–Trinajstić information content (AvgIpc) is 2.55. The lowest BCUT2D eigenvalue weighted by Gasteiger charge is -2.30. The van der Waals surface area contributed by atoms with Gasteiger partial charge in [-0.1, -0.05) is 39.8 Å². The second-order valence-electron chi connectivity index (χ2n) is 6.56. The van der Waals surface area contributed by atoms with Crippen LogP contribution in [-0.2, 0) is 9.47 Å². The van der Waals surface area contributed by atoms with Crippen molar-refractivity contribution in [1.29, 1.82) is 0 Å². The molecule has 0 radical (unpaired) electrons. The van der Waals surface area contributed by atoms with Gasteiger partial charge in [0.2, 0.25) is 6.29 Å². The highest BCUT2D eigenvalue weighted by Crippen LogP contribution is 2.24. The monoisotopic (exact) mass is 306 g/mol. The van der Waals surface area contributed by atoms with E-state index < -0.39 is 0 Å². The minimum absolute atomic E-state index is 0.197. The van der Waals surface area contributed by atoms with Crippen LogP contribution in [-0.4, -0.2) is 25.6 Å². The molecule has 1 heterocycles. The Balaban J connectivity index is 1.95. The lowest BCUT2D eigenvalue weighted by atomic mass is 9.99. The molecule has 1 aromatic carbocycles. The van der Waals surface area contributed by atoms with Crippen molar-refractivity contribution in [3.8, 4) is 5.75 Å². The van der Waals surface area contributed by atoms with E-state index in [0.717, 1.165) is 38.2 Å². The van der Waals surface area contributed by atoms with Crippen molar-refractivity contribution in [2.45, 2.75) is 65.3 Å². The molecule has 1 saturated heterocycles. The number of hydrogen-bond donors (Lipinski definition) is 0. The normalized spacial score (nSPS) is 19.1. The van der Waals surface area contributed by atoms with E-state index in [2.05, 4.69) is 52.0 Å². The van der Waals surface area contributed by atoms with Crippen molar-refractivity contribution in [1.82, 2.24) is 0 Å². The molecule has 0 saturated carbocycles. The summed E-state index contributed by atoms with van der Waals surface area (Å²) in [6.07, 6.45) is 3.12. The Hall–Kier alpha value is -1.06. The van der Waals surface area contributed by atoms with Crippen LogP contribution < -0.4 is 4.74 Å². The molecule has 3 heteroatoms. The van der Waals surface area contributed by atoms with Crippen LogP contribution in [0.3, 0.4) is 0 Å². The first-order valence-electron chi connectivity index (χ1n) is 8.60. The van der Waals surface area contributed by atoms with Crippen molar-refractivity contribution >= 4 is 0 Å². The molecular formula is C19H30O3. The zero-order valence-corrected chi connectivity index (χ0v) is 14.4. The standard InChI is InChI=1S/C19H30O3/c1-5-15(4)16-6-8-17(9-7-16)21-19(14(2)3)22-18-10-12-20-13-11-18/h6-9,14-15,18-19H,5,10-13H2,1-4H3. The summed E-state index contributed by atoms with van der Waals surface area (Å²) < 4.78 is 17.6. The summed E-state index contributed by atoms with van der Waals surface area (Å²) in [7, 11) is 0. The second-order valence-corrected chi connectivity index (χ2v) is 6.56. The lowest BCUT2D eigenvalue weighted by Crippen LogP contribution is -2.34. The predicted octanol–water partition coefficient (Wildman–Crippen LogP) is 4.76. The predicted molar refractivity (Wildman–Crippen MR) is 89.3 cm³/mol. The van der Waals surface area contributed by atoms with E-state index in [-0.39, 0.29) is 12.4 Å². The van der Waals surface area contributed by atoms with Gasteiger partial charge < -0.3 is 14.2 Å². The van der Waals surface area contributed by atoms with E-state index >= 15 is 0 Å². The van der Waals surface area contributed by atoms with E-state index in [1.54, 1.807) is 0 Å². The molecule has 0 bridgehead atoms. The molecule has 2 unspecified atom stereocenters. The van der Waals surface area contributed by atoms with Crippen LogP contribution in [0.1, 0.15) is 58.4 Å². The van der Waals surface area contributed by atoms with E-state index in [4.69, 9.17) is 14.2 Å². The Bertz CT molecular complexity index is 421. The van der Waals surface area contributed by atoms with Crippen LogP contribution in [0.5, 0.6) is 5.75 Å². The molecule has 124 valence electrons. The van der Waals surface area contributed by atoms with Gasteiger partial charge in [0.15, 0.2) is 0 Å². The van der Waals surface area contributed by atoms with Gasteiger partial charge in [-0.2, -0.15) is 0 Å². The Morgan fingerprint density at radius 2 is 1.73 bits per heavy atom. The van der Waals surface area contributed by atoms with Gasteiger partial charge in [-0.3, -0.25) is 0 Å².